The van der Waals surface area contributed by atoms with E-state index in [1.165, 1.54) is 24.3 Å². The molecule has 5 nitrogen and oxygen atoms in total. The lowest BCUT2D eigenvalue weighted by Crippen LogP contribution is -2.07. The predicted octanol–water partition coefficient (Wildman–Crippen LogP) is 3.05. The topological polar surface area (TPSA) is 72.8 Å². The van der Waals surface area contributed by atoms with Crippen LogP contribution in [0, 0.1) is 0 Å². The summed E-state index contributed by atoms with van der Waals surface area (Å²) in [4.78, 5) is 31.6. The maximum absolute atomic E-state index is 11.5. The van der Waals surface area contributed by atoms with Crippen LogP contribution in [0.15, 0.2) is 24.3 Å². The first-order chi connectivity index (χ1) is 9.15. The molecule has 0 aromatic heterocycles. The summed E-state index contributed by atoms with van der Waals surface area (Å²) in [7, 11) is 0. The fourth-order valence-electron chi connectivity index (χ4n) is 1.48. The highest BCUT2D eigenvalue weighted by atomic mass is 17.2. The van der Waals surface area contributed by atoms with Gasteiger partial charge in [0.05, 0.1) is 17.7 Å². The van der Waals surface area contributed by atoms with Crippen molar-refractivity contribution >= 4 is 11.9 Å². The number of unbranched alkanes of at least 4 members (excludes halogenated alkanes) is 3. The van der Waals surface area contributed by atoms with Crippen LogP contribution in [0.25, 0.3) is 0 Å². The van der Waals surface area contributed by atoms with Crippen LogP contribution in [0.1, 0.15) is 53.3 Å². The van der Waals surface area contributed by atoms with Gasteiger partial charge in [-0.15, -0.1) is 0 Å². The fraction of sp³-hybridized carbons (Fsp3) is 0.429. The molecule has 0 heterocycles. The Kier molecular flexibility index (Phi) is 6.60. The van der Waals surface area contributed by atoms with Crippen LogP contribution < -0.4 is 0 Å². The first-order valence-corrected chi connectivity index (χ1v) is 6.32. The van der Waals surface area contributed by atoms with Crippen molar-refractivity contribution in [2.75, 3.05) is 6.61 Å². The molecule has 1 aromatic carbocycles. The molecule has 5 heteroatoms. The summed E-state index contributed by atoms with van der Waals surface area (Å²) < 4.78 is 0. The molecule has 19 heavy (non-hydrogen) atoms. The molecule has 0 amide bonds. The van der Waals surface area contributed by atoms with Crippen LogP contribution in [-0.2, 0) is 9.78 Å². The largest absolute Gasteiger partial charge is 0.478 e. The Bertz CT molecular complexity index is 410. The SMILES string of the molecule is CCCCCCOOC(=O)c1ccc(C(=O)O)cc1. The first-order valence-electron chi connectivity index (χ1n) is 6.32. The molecule has 0 saturated carbocycles. The minimum Gasteiger partial charge on any atom is -0.478 e. The number of carboxylic acids is 1. The minimum absolute atomic E-state index is 0.122. The number of carbonyl (C=O) groups is 2. The van der Waals surface area contributed by atoms with E-state index in [2.05, 4.69) is 11.8 Å². The lowest BCUT2D eigenvalue weighted by molar-refractivity contribution is -0.241. The molecule has 0 atom stereocenters. The molecular formula is C14H18O5. The van der Waals surface area contributed by atoms with E-state index in [9.17, 15) is 9.59 Å². The Morgan fingerprint density at radius 3 is 2.26 bits per heavy atom. The molecule has 0 fully saturated rings. The zero-order valence-corrected chi connectivity index (χ0v) is 10.9. The smallest absolute Gasteiger partial charge is 0.373 e. The third kappa shape index (κ3) is 5.52. The van der Waals surface area contributed by atoms with E-state index in [0.29, 0.717) is 6.61 Å². The number of carboxylic acid groups (broad SMARTS) is 1. The van der Waals surface area contributed by atoms with E-state index in [-0.39, 0.29) is 11.1 Å². The fourth-order valence-corrected chi connectivity index (χ4v) is 1.48. The van der Waals surface area contributed by atoms with Gasteiger partial charge in [0.25, 0.3) is 0 Å². The van der Waals surface area contributed by atoms with E-state index in [1.807, 2.05) is 0 Å². The molecule has 0 radical (unpaired) electrons. The maximum atomic E-state index is 11.5. The van der Waals surface area contributed by atoms with Crippen LogP contribution in [-0.4, -0.2) is 23.7 Å². The lowest BCUT2D eigenvalue weighted by Gasteiger charge is -2.03. The predicted molar refractivity (Wildman–Crippen MR) is 68.9 cm³/mol. The Morgan fingerprint density at radius 1 is 1.05 bits per heavy atom. The summed E-state index contributed by atoms with van der Waals surface area (Å²) in [5.41, 5.74) is 0.385. The maximum Gasteiger partial charge on any atom is 0.373 e. The van der Waals surface area contributed by atoms with Gasteiger partial charge >= 0.3 is 11.9 Å². The number of benzene rings is 1. The van der Waals surface area contributed by atoms with Gasteiger partial charge in [-0.05, 0) is 30.7 Å². The van der Waals surface area contributed by atoms with Gasteiger partial charge in [-0.2, -0.15) is 4.89 Å². The lowest BCUT2D eigenvalue weighted by atomic mass is 10.1. The van der Waals surface area contributed by atoms with Crippen molar-refractivity contribution < 1.29 is 24.5 Å². The summed E-state index contributed by atoms with van der Waals surface area (Å²) in [6.07, 6.45) is 4.16. The summed E-state index contributed by atoms with van der Waals surface area (Å²) in [6, 6.07) is 5.48. The Labute approximate surface area is 112 Å². The molecule has 0 aliphatic carbocycles. The molecule has 0 unspecified atom stereocenters. The zero-order valence-electron chi connectivity index (χ0n) is 10.9. The summed E-state index contributed by atoms with van der Waals surface area (Å²) >= 11 is 0. The average Bonchev–Trinajstić information content (AvgIpc) is 2.42. The van der Waals surface area contributed by atoms with Crippen LogP contribution in [0.3, 0.4) is 0 Å². The summed E-state index contributed by atoms with van der Waals surface area (Å²) in [5, 5.41) is 8.72. The Morgan fingerprint density at radius 2 is 1.68 bits per heavy atom. The van der Waals surface area contributed by atoms with E-state index in [4.69, 9.17) is 9.99 Å². The number of hydrogen-bond donors (Lipinski definition) is 1. The van der Waals surface area contributed by atoms with Crippen molar-refractivity contribution in [2.24, 2.45) is 0 Å². The van der Waals surface area contributed by atoms with Gasteiger partial charge in [0.2, 0.25) is 0 Å². The van der Waals surface area contributed by atoms with Crippen molar-refractivity contribution in [1.82, 2.24) is 0 Å². The average molecular weight is 266 g/mol. The second-order valence-corrected chi connectivity index (χ2v) is 4.14. The van der Waals surface area contributed by atoms with Gasteiger partial charge in [-0.1, -0.05) is 26.2 Å². The molecule has 0 saturated heterocycles. The number of rotatable bonds is 8. The quantitative estimate of drug-likeness (QED) is 0.444. The molecule has 1 rings (SSSR count). The molecular weight excluding hydrogens is 248 g/mol. The summed E-state index contributed by atoms with van der Waals surface area (Å²) in [5.74, 6) is -1.65. The second kappa shape index (κ2) is 8.26. The standard InChI is InChI=1S/C14H18O5/c1-2-3-4-5-10-18-19-14(17)12-8-6-11(7-9-12)13(15)16/h6-9H,2-5,10H2,1H3,(H,15,16). The van der Waals surface area contributed by atoms with Gasteiger partial charge in [-0.3, -0.25) is 4.89 Å². The number of aromatic carboxylic acids is 1. The van der Waals surface area contributed by atoms with Crippen molar-refractivity contribution in [3.8, 4) is 0 Å². The molecule has 0 aliphatic rings. The first kappa shape index (κ1) is 15.2. The van der Waals surface area contributed by atoms with Crippen molar-refractivity contribution in [1.29, 1.82) is 0 Å². The monoisotopic (exact) mass is 266 g/mol. The van der Waals surface area contributed by atoms with Gasteiger partial charge in [0.15, 0.2) is 0 Å². The third-order valence-corrected chi connectivity index (χ3v) is 2.58. The highest BCUT2D eigenvalue weighted by Crippen LogP contribution is 2.07. The number of hydrogen-bond acceptors (Lipinski definition) is 4. The summed E-state index contributed by atoms with van der Waals surface area (Å²) in [6.45, 7) is 2.49. The minimum atomic E-state index is -1.04. The molecule has 0 spiro atoms. The molecule has 104 valence electrons. The van der Waals surface area contributed by atoms with Crippen LogP contribution in [0.2, 0.25) is 0 Å². The van der Waals surface area contributed by atoms with E-state index in [1.54, 1.807) is 0 Å². The van der Waals surface area contributed by atoms with Crippen LogP contribution >= 0.6 is 0 Å². The van der Waals surface area contributed by atoms with Crippen LogP contribution in [0.4, 0.5) is 0 Å². The van der Waals surface area contributed by atoms with E-state index < -0.39 is 11.9 Å². The zero-order chi connectivity index (χ0) is 14.1. The van der Waals surface area contributed by atoms with Crippen molar-refractivity contribution in [3.63, 3.8) is 0 Å². The van der Waals surface area contributed by atoms with Gasteiger partial charge in [0.1, 0.15) is 0 Å². The van der Waals surface area contributed by atoms with Gasteiger partial charge in [0, 0.05) is 0 Å². The molecule has 1 aromatic rings. The third-order valence-electron chi connectivity index (χ3n) is 2.58. The Balaban J connectivity index is 2.31. The van der Waals surface area contributed by atoms with E-state index in [0.717, 1.165) is 25.7 Å². The molecule has 0 bridgehead atoms. The molecule has 0 aliphatic heterocycles. The number of carbonyl (C=O) groups excluding carboxylic acids is 1. The van der Waals surface area contributed by atoms with Gasteiger partial charge in [-0.25, -0.2) is 9.59 Å². The van der Waals surface area contributed by atoms with Gasteiger partial charge < -0.3 is 5.11 Å². The van der Waals surface area contributed by atoms with Crippen LogP contribution in [0.5, 0.6) is 0 Å². The van der Waals surface area contributed by atoms with Crippen molar-refractivity contribution in [3.05, 3.63) is 35.4 Å². The highest BCUT2D eigenvalue weighted by molar-refractivity contribution is 5.92. The van der Waals surface area contributed by atoms with E-state index >= 15 is 0 Å². The molecule has 1 N–H and O–H groups in total. The Hall–Kier alpha value is -1.88. The normalized spacial score (nSPS) is 10.2. The second-order valence-electron chi connectivity index (χ2n) is 4.14. The van der Waals surface area contributed by atoms with Crippen molar-refractivity contribution in [2.45, 2.75) is 32.6 Å². The highest BCUT2D eigenvalue weighted by Gasteiger charge is 2.09.